The molecule has 2 aromatic rings. The highest BCUT2D eigenvalue weighted by Gasteiger charge is 2.19. The summed E-state index contributed by atoms with van der Waals surface area (Å²) in [4.78, 5) is 27.4. The van der Waals surface area contributed by atoms with Gasteiger partial charge in [0.1, 0.15) is 5.75 Å². The number of rotatable bonds is 6. The van der Waals surface area contributed by atoms with Crippen molar-refractivity contribution in [3.8, 4) is 5.75 Å². The fourth-order valence-corrected chi connectivity index (χ4v) is 4.33. The molecule has 1 saturated heterocycles. The second-order valence-corrected chi connectivity index (χ2v) is 8.38. The third-order valence-electron chi connectivity index (χ3n) is 6.07. The lowest BCUT2D eigenvalue weighted by molar-refractivity contribution is 0.0724. The van der Waals surface area contributed by atoms with E-state index in [1.807, 2.05) is 35.2 Å². The number of hydrogen-bond donors (Lipinski definition) is 1. The molecule has 5 heteroatoms. The topological polar surface area (TPSA) is 58.6 Å². The van der Waals surface area contributed by atoms with Crippen LogP contribution in [0.2, 0.25) is 0 Å². The normalized spacial score (nSPS) is 17.0. The maximum atomic E-state index is 12.7. The van der Waals surface area contributed by atoms with Crippen molar-refractivity contribution in [2.45, 2.75) is 44.9 Å². The molecule has 4 rings (SSSR count). The molecule has 1 aliphatic carbocycles. The summed E-state index contributed by atoms with van der Waals surface area (Å²) in [5.41, 5.74) is 1.79. The van der Waals surface area contributed by atoms with Crippen LogP contribution >= 0.6 is 0 Å². The number of benzene rings is 2. The van der Waals surface area contributed by atoms with Crippen molar-refractivity contribution >= 4 is 17.5 Å². The molecule has 0 spiro atoms. The lowest BCUT2D eigenvalue weighted by atomic mass is 10.1. The Morgan fingerprint density at radius 1 is 0.900 bits per heavy atom. The summed E-state index contributed by atoms with van der Waals surface area (Å²) in [6.07, 6.45) is 8.33. The Balaban J connectivity index is 1.38. The molecular weight excluding hydrogens is 376 g/mol. The summed E-state index contributed by atoms with van der Waals surface area (Å²) in [6.45, 7) is 2.33. The number of carbonyl (C=O) groups excluding carboxylic acids is 2. The van der Waals surface area contributed by atoms with E-state index in [-0.39, 0.29) is 11.8 Å². The standard InChI is InChI=1S/C25H30N2O3/c28-24(20-10-7-13-23(17-20)30-18-19-8-2-3-9-19)26-22-12-6-11-21(16-22)25(29)27-14-4-1-5-15-27/h6-7,10-13,16-17,19H,1-5,8-9,14-15,18H2,(H,26,28). The van der Waals surface area contributed by atoms with Gasteiger partial charge in [-0.05, 0) is 74.4 Å². The van der Waals surface area contributed by atoms with Crippen LogP contribution in [0, 0.1) is 5.92 Å². The van der Waals surface area contributed by atoms with Gasteiger partial charge in [-0.2, -0.15) is 0 Å². The third kappa shape index (κ3) is 5.21. The molecule has 0 radical (unpaired) electrons. The molecule has 2 amide bonds. The summed E-state index contributed by atoms with van der Waals surface area (Å²) in [7, 11) is 0. The first-order chi connectivity index (χ1) is 14.7. The second kappa shape index (κ2) is 9.79. The van der Waals surface area contributed by atoms with E-state index in [1.54, 1.807) is 18.2 Å². The van der Waals surface area contributed by atoms with E-state index in [0.29, 0.717) is 29.3 Å². The van der Waals surface area contributed by atoms with Crippen molar-refractivity contribution in [2.24, 2.45) is 5.92 Å². The lowest BCUT2D eigenvalue weighted by Gasteiger charge is -2.26. The minimum atomic E-state index is -0.205. The van der Waals surface area contributed by atoms with Crippen molar-refractivity contribution in [3.05, 3.63) is 59.7 Å². The van der Waals surface area contributed by atoms with Gasteiger partial charge in [0.05, 0.1) is 6.61 Å². The van der Waals surface area contributed by atoms with Gasteiger partial charge in [0.2, 0.25) is 0 Å². The quantitative estimate of drug-likeness (QED) is 0.723. The number of ether oxygens (including phenoxy) is 1. The molecule has 0 aromatic heterocycles. The first kappa shape index (κ1) is 20.5. The van der Waals surface area contributed by atoms with Gasteiger partial charge in [-0.15, -0.1) is 0 Å². The average Bonchev–Trinajstić information content (AvgIpc) is 3.32. The lowest BCUT2D eigenvalue weighted by Crippen LogP contribution is -2.35. The molecule has 5 nitrogen and oxygen atoms in total. The van der Waals surface area contributed by atoms with Crippen LogP contribution in [0.5, 0.6) is 5.75 Å². The SMILES string of the molecule is O=C(Nc1cccc(C(=O)N2CCCCC2)c1)c1cccc(OCC2CCCC2)c1. The van der Waals surface area contributed by atoms with Crippen LogP contribution in [0.4, 0.5) is 5.69 Å². The molecule has 2 fully saturated rings. The smallest absolute Gasteiger partial charge is 0.255 e. The maximum absolute atomic E-state index is 12.7. The monoisotopic (exact) mass is 406 g/mol. The zero-order valence-electron chi connectivity index (χ0n) is 17.4. The predicted octanol–water partition coefficient (Wildman–Crippen LogP) is 5.13. The molecule has 1 heterocycles. The van der Waals surface area contributed by atoms with E-state index in [2.05, 4.69) is 5.32 Å². The third-order valence-corrected chi connectivity index (χ3v) is 6.07. The summed E-state index contributed by atoms with van der Waals surface area (Å²) >= 11 is 0. The van der Waals surface area contributed by atoms with Gasteiger partial charge in [0.25, 0.3) is 11.8 Å². The molecule has 2 aliphatic rings. The Morgan fingerprint density at radius 3 is 2.43 bits per heavy atom. The fourth-order valence-electron chi connectivity index (χ4n) is 4.33. The molecule has 158 valence electrons. The highest BCUT2D eigenvalue weighted by Crippen LogP contribution is 2.26. The van der Waals surface area contributed by atoms with E-state index < -0.39 is 0 Å². The van der Waals surface area contributed by atoms with Gasteiger partial charge < -0.3 is 15.0 Å². The van der Waals surface area contributed by atoms with E-state index >= 15 is 0 Å². The van der Waals surface area contributed by atoms with E-state index in [1.165, 1.54) is 32.1 Å². The minimum Gasteiger partial charge on any atom is -0.493 e. The van der Waals surface area contributed by atoms with Crippen molar-refractivity contribution in [1.82, 2.24) is 4.90 Å². The van der Waals surface area contributed by atoms with Gasteiger partial charge >= 0.3 is 0 Å². The number of nitrogens with one attached hydrogen (secondary N) is 1. The Labute approximate surface area is 178 Å². The Kier molecular flexibility index (Phi) is 6.67. The molecule has 30 heavy (non-hydrogen) atoms. The van der Waals surface area contributed by atoms with Crippen LogP contribution < -0.4 is 10.1 Å². The number of hydrogen-bond acceptors (Lipinski definition) is 3. The molecule has 0 unspecified atom stereocenters. The molecule has 1 saturated carbocycles. The van der Waals surface area contributed by atoms with Crippen LogP contribution in [0.25, 0.3) is 0 Å². The van der Waals surface area contributed by atoms with Gasteiger partial charge in [0, 0.05) is 29.9 Å². The van der Waals surface area contributed by atoms with Crippen LogP contribution in [0.1, 0.15) is 65.7 Å². The van der Waals surface area contributed by atoms with Crippen molar-refractivity contribution < 1.29 is 14.3 Å². The van der Waals surface area contributed by atoms with Crippen LogP contribution in [-0.4, -0.2) is 36.4 Å². The first-order valence-corrected chi connectivity index (χ1v) is 11.1. The fraction of sp³-hybridized carbons (Fsp3) is 0.440. The largest absolute Gasteiger partial charge is 0.493 e. The van der Waals surface area contributed by atoms with E-state index in [9.17, 15) is 9.59 Å². The Bertz CT molecular complexity index is 883. The summed E-state index contributed by atoms with van der Waals surface area (Å²) in [6, 6.07) is 14.5. The molecular formula is C25H30N2O3. The summed E-state index contributed by atoms with van der Waals surface area (Å²) in [5.74, 6) is 1.18. The summed E-state index contributed by atoms with van der Waals surface area (Å²) < 4.78 is 5.92. The van der Waals surface area contributed by atoms with Gasteiger partial charge in [-0.3, -0.25) is 9.59 Å². The average molecular weight is 407 g/mol. The molecule has 1 aliphatic heterocycles. The van der Waals surface area contributed by atoms with E-state index in [0.717, 1.165) is 31.7 Å². The number of nitrogens with zero attached hydrogens (tertiary/aromatic N) is 1. The van der Waals surface area contributed by atoms with Gasteiger partial charge in [-0.1, -0.05) is 25.0 Å². The highest BCUT2D eigenvalue weighted by atomic mass is 16.5. The van der Waals surface area contributed by atoms with Crippen molar-refractivity contribution in [3.63, 3.8) is 0 Å². The second-order valence-electron chi connectivity index (χ2n) is 8.38. The van der Waals surface area contributed by atoms with Gasteiger partial charge in [0.15, 0.2) is 0 Å². The minimum absolute atomic E-state index is 0.0353. The number of amides is 2. The molecule has 2 aromatic carbocycles. The van der Waals surface area contributed by atoms with Crippen LogP contribution in [0.3, 0.4) is 0 Å². The number of carbonyl (C=O) groups is 2. The zero-order valence-corrected chi connectivity index (χ0v) is 17.4. The van der Waals surface area contributed by atoms with Crippen LogP contribution in [0.15, 0.2) is 48.5 Å². The van der Waals surface area contributed by atoms with Crippen molar-refractivity contribution in [1.29, 1.82) is 0 Å². The number of likely N-dealkylation sites (tertiary alicyclic amines) is 1. The number of anilines is 1. The van der Waals surface area contributed by atoms with E-state index in [4.69, 9.17) is 4.74 Å². The Morgan fingerprint density at radius 2 is 1.63 bits per heavy atom. The zero-order chi connectivity index (χ0) is 20.8. The number of piperidine rings is 1. The molecule has 1 N–H and O–H groups in total. The van der Waals surface area contributed by atoms with Gasteiger partial charge in [-0.25, -0.2) is 0 Å². The molecule has 0 bridgehead atoms. The van der Waals surface area contributed by atoms with Crippen LogP contribution in [-0.2, 0) is 0 Å². The summed E-state index contributed by atoms with van der Waals surface area (Å²) in [5, 5.41) is 2.92. The Hall–Kier alpha value is -2.82. The molecule has 0 atom stereocenters. The predicted molar refractivity (Wildman–Crippen MR) is 118 cm³/mol. The maximum Gasteiger partial charge on any atom is 0.255 e. The first-order valence-electron chi connectivity index (χ1n) is 11.1. The highest BCUT2D eigenvalue weighted by molar-refractivity contribution is 6.05. The van der Waals surface area contributed by atoms with Crippen molar-refractivity contribution in [2.75, 3.05) is 25.0 Å².